The molecule has 0 bridgehead atoms. The van der Waals surface area contributed by atoms with Crippen LogP contribution in [0, 0.1) is 0 Å². The van der Waals surface area contributed by atoms with Crippen LogP contribution in [0.3, 0.4) is 0 Å². The Hall–Kier alpha value is -1.70. The van der Waals surface area contributed by atoms with Gasteiger partial charge in [-0.05, 0) is 75.3 Å². The van der Waals surface area contributed by atoms with Crippen LogP contribution in [0.5, 0.6) is 0 Å². The van der Waals surface area contributed by atoms with Crippen molar-refractivity contribution >= 4 is 19.9 Å². The Morgan fingerprint density at radius 3 is 1.72 bits per heavy atom. The number of aryl methyl sites for hydroxylation is 2. The van der Waals surface area contributed by atoms with E-state index in [4.69, 9.17) is 0 Å². The lowest BCUT2D eigenvalue weighted by atomic mass is 9.96. The van der Waals surface area contributed by atoms with Crippen LogP contribution in [0.2, 0.25) is 0 Å². The van der Waals surface area contributed by atoms with Crippen molar-refractivity contribution in [2.45, 2.75) is 87.2 Å². The number of sulfone groups is 1. The van der Waals surface area contributed by atoms with Gasteiger partial charge in [0.15, 0.2) is 9.84 Å². The summed E-state index contributed by atoms with van der Waals surface area (Å²) < 4.78 is 52.1. The van der Waals surface area contributed by atoms with Crippen LogP contribution in [0.25, 0.3) is 0 Å². The first-order valence-electron chi connectivity index (χ1n) is 11.4. The average Bonchev–Trinajstić information content (AvgIpc) is 2.73. The molecule has 0 heterocycles. The second-order valence-corrected chi connectivity index (χ2v) is 14.2. The molecule has 0 aliphatic heterocycles. The van der Waals surface area contributed by atoms with Gasteiger partial charge in [-0.25, -0.2) is 21.6 Å². The summed E-state index contributed by atoms with van der Waals surface area (Å²) in [6.45, 7) is 5.16. The predicted octanol–water partition coefficient (Wildman–Crippen LogP) is 4.80. The van der Waals surface area contributed by atoms with E-state index in [1.807, 2.05) is 36.4 Å². The van der Waals surface area contributed by atoms with Gasteiger partial charge < -0.3 is 0 Å². The molecule has 0 radical (unpaired) electrons. The summed E-state index contributed by atoms with van der Waals surface area (Å²) in [7, 11) is -6.67. The van der Waals surface area contributed by atoms with Crippen LogP contribution >= 0.6 is 0 Å². The van der Waals surface area contributed by atoms with Crippen LogP contribution in [-0.4, -0.2) is 27.6 Å². The largest absolute Gasteiger partial charge is 0.240 e. The van der Waals surface area contributed by atoms with Crippen molar-refractivity contribution in [2.24, 2.45) is 0 Å². The first-order valence-corrected chi connectivity index (χ1v) is 14.5. The molecular weight excluding hydrogens is 442 g/mol. The topological polar surface area (TPSA) is 80.3 Å². The quantitative estimate of drug-likeness (QED) is 0.592. The molecule has 7 heteroatoms. The minimum absolute atomic E-state index is 0.0433. The van der Waals surface area contributed by atoms with Gasteiger partial charge in [0.05, 0.1) is 15.4 Å². The summed E-state index contributed by atoms with van der Waals surface area (Å²) in [5, 5.41) is 0. The fraction of sp³-hybridized carbons (Fsp3) is 0.520. The molecule has 1 N–H and O–H groups in total. The summed E-state index contributed by atoms with van der Waals surface area (Å²) in [4.78, 5) is 0.316. The third kappa shape index (κ3) is 6.65. The fourth-order valence-corrected chi connectivity index (χ4v) is 6.24. The highest BCUT2D eigenvalue weighted by molar-refractivity contribution is 7.92. The summed E-state index contributed by atoms with van der Waals surface area (Å²) in [6, 6.07) is 14.9. The van der Waals surface area contributed by atoms with Gasteiger partial charge in [-0.3, -0.25) is 0 Å². The second-order valence-electron chi connectivity index (χ2n) is 9.79. The van der Waals surface area contributed by atoms with Crippen LogP contribution in [-0.2, 0) is 38.5 Å². The molecule has 0 aromatic heterocycles. The molecule has 5 nitrogen and oxygen atoms in total. The van der Waals surface area contributed by atoms with Gasteiger partial charge in [0.2, 0.25) is 10.0 Å². The first-order chi connectivity index (χ1) is 15.0. The van der Waals surface area contributed by atoms with E-state index in [0.717, 1.165) is 55.2 Å². The van der Waals surface area contributed by atoms with E-state index in [9.17, 15) is 16.8 Å². The summed E-state index contributed by atoms with van der Waals surface area (Å²) in [5.41, 5.74) is 2.99. The fourth-order valence-electron chi connectivity index (χ4n) is 3.87. The minimum Gasteiger partial charge on any atom is -0.228 e. The Morgan fingerprint density at radius 1 is 0.750 bits per heavy atom. The molecule has 2 aromatic rings. The zero-order valence-electron chi connectivity index (χ0n) is 19.3. The van der Waals surface area contributed by atoms with E-state index in [0.29, 0.717) is 4.90 Å². The molecule has 2 aromatic carbocycles. The Bertz CT molecular complexity index is 1090. The van der Waals surface area contributed by atoms with Crippen molar-refractivity contribution in [1.82, 2.24) is 4.72 Å². The molecule has 1 fully saturated rings. The van der Waals surface area contributed by atoms with E-state index >= 15 is 0 Å². The molecule has 1 aliphatic carbocycles. The van der Waals surface area contributed by atoms with Gasteiger partial charge in [0.1, 0.15) is 0 Å². The van der Waals surface area contributed by atoms with Gasteiger partial charge >= 0.3 is 0 Å². The molecule has 1 aliphatic rings. The standard InChI is InChI=1S/C25H35NO4S2/c1-25(2,3)31(27,28)19-22-13-11-20(12-14-22)9-10-21-15-17-24(18-16-21)32(29,30)26-23-7-5-4-6-8-23/h11-18,23,26H,4-10,19H2,1-3H3. The van der Waals surface area contributed by atoms with E-state index in [1.165, 1.54) is 6.42 Å². The van der Waals surface area contributed by atoms with Crippen LogP contribution in [0.4, 0.5) is 0 Å². The zero-order valence-corrected chi connectivity index (χ0v) is 20.9. The lowest BCUT2D eigenvalue weighted by Gasteiger charge is -2.22. The molecule has 0 saturated heterocycles. The van der Waals surface area contributed by atoms with Gasteiger partial charge in [0, 0.05) is 6.04 Å². The highest BCUT2D eigenvalue weighted by Gasteiger charge is 2.28. The molecule has 3 rings (SSSR count). The predicted molar refractivity (Wildman–Crippen MR) is 130 cm³/mol. The van der Waals surface area contributed by atoms with E-state index in [1.54, 1.807) is 32.9 Å². The third-order valence-corrected chi connectivity index (χ3v) is 10.3. The Labute approximate surface area is 193 Å². The van der Waals surface area contributed by atoms with E-state index in [-0.39, 0.29) is 11.8 Å². The van der Waals surface area contributed by atoms with Crippen molar-refractivity contribution in [3.8, 4) is 0 Å². The van der Waals surface area contributed by atoms with E-state index < -0.39 is 24.6 Å². The Kier molecular flexibility index (Phi) is 7.84. The van der Waals surface area contributed by atoms with Gasteiger partial charge in [-0.2, -0.15) is 0 Å². The minimum atomic E-state index is -3.47. The summed E-state index contributed by atoms with van der Waals surface area (Å²) in [6.07, 6.45) is 6.77. The van der Waals surface area contributed by atoms with Gasteiger partial charge in [-0.15, -0.1) is 0 Å². The van der Waals surface area contributed by atoms with Crippen molar-refractivity contribution in [3.05, 3.63) is 65.2 Å². The number of nitrogens with one attached hydrogen (secondary N) is 1. The molecule has 0 unspecified atom stereocenters. The molecule has 1 saturated carbocycles. The lowest BCUT2D eigenvalue weighted by molar-refractivity contribution is 0.412. The Morgan fingerprint density at radius 2 is 1.22 bits per heavy atom. The maximum absolute atomic E-state index is 12.6. The van der Waals surface area contributed by atoms with Crippen molar-refractivity contribution in [1.29, 1.82) is 0 Å². The van der Waals surface area contributed by atoms with Gasteiger partial charge in [-0.1, -0.05) is 55.7 Å². The number of rotatable bonds is 8. The molecular formula is C25H35NO4S2. The van der Waals surface area contributed by atoms with E-state index in [2.05, 4.69) is 4.72 Å². The van der Waals surface area contributed by atoms with Crippen LogP contribution in [0.1, 0.15) is 69.6 Å². The lowest BCUT2D eigenvalue weighted by Crippen LogP contribution is -2.36. The normalized spacial score (nSPS) is 16.2. The highest BCUT2D eigenvalue weighted by atomic mass is 32.2. The third-order valence-electron chi connectivity index (χ3n) is 6.18. The summed E-state index contributed by atoms with van der Waals surface area (Å²) in [5.74, 6) is 0.0433. The van der Waals surface area contributed by atoms with Crippen molar-refractivity contribution in [2.75, 3.05) is 0 Å². The number of hydrogen-bond acceptors (Lipinski definition) is 4. The molecule has 32 heavy (non-hydrogen) atoms. The maximum atomic E-state index is 12.6. The highest BCUT2D eigenvalue weighted by Crippen LogP contribution is 2.22. The molecule has 0 spiro atoms. The van der Waals surface area contributed by atoms with Crippen LogP contribution in [0.15, 0.2) is 53.4 Å². The second kappa shape index (κ2) is 10.1. The first kappa shape index (κ1) is 24.9. The maximum Gasteiger partial charge on any atom is 0.240 e. The average molecular weight is 478 g/mol. The zero-order chi connectivity index (χ0) is 23.4. The Balaban J connectivity index is 1.56. The summed E-state index contributed by atoms with van der Waals surface area (Å²) >= 11 is 0. The van der Waals surface area contributed by atoms with Crippen LogP contribution < -0.4 is 4.72 Å². The number of sulfonamides is 1. The van der Waals surface area contributed by atoms with Crippen molar-refractivity contribution < 1.29 is 16.8 Å². The van der Waals surface area contributed by atoms with Crippen molar-refractivity contribution in [3.63, 3.8) is 0 Å². The SMILES string of the molecule is CC(C)(C)S(=O)(=O)Cc1ccc(CCc2ccc(S(=O)(=O)NC3CCCCC3)cc2)cc1. The number of hydrogen-bond donors (Lipinski definition) is 1. The smallest absolute Gasteiger partial charge is 0.228 e. The number of benzene rings is 2. The molecule has 0 atom stereocenters. The monoisotopic (exact) mass is 477 g/mol. The molecule has 176 valence electrons. The van der Waals surface area contributed by atoms with Gasteiger partial charge in [0.25, 0.3) is 0 Å². The molecule has 0 amide bonds.